The smallest absolute Gasteiger partial charge is 0.236 e. The number of fused-ring (bicyclic) bond motifs is 2. The number of benzene rings is 1. The highest BCUT2D eigenvalue weighted by molar-refractivity contribution is 6.03. The van der Waals surface area contributed by atoms with Crippen LogP contribution in [0.25, 0.3) is 22.5 Å². The van der Waals surface area contributed by atoms with E-state index in [4.69, 9.17) is 4.98 Å². The van der Waals surface area contributed by atoms with Crippen LogP contribution in [0.2, 0.25) is 0 Å². The summed E-state index contributed by atoms with van der Waals surface area (Å²) in [5.41, 5.74) is 4.88. The monoisotopic (exact) mass is 777 g/mol. The molecule has 9 rings (SSSR count). The van der Waals surface area contributed by atoms with Crippen LogP contribution in [-0.2, 0) is 15.0 Å². The summed E-state index contributed by atoms with van der Waals surface area (Å²) in [4.78, 5) is 38.9. The largest absolute Gasteiger partial charge is 0.368 e. The molecule has 0 radical (unpaired) electrons. The minimum atomic E-state index is -0.671. The Morgan fingerprint density at radius 1 is 0.983 bits per heavy atom. The van der Waals surface area contributed by atoms with Crippen molar-refractivity contribution >= 4 is 34.2 Å². The molecule has 15 heteroatoms. The maximum absolute atomic E-state index is 12.7. The lowest BCUT2D eigenvalue weighted by Gasteiger charge is -2.33. The van der Waals surface area contributed by atoms with E-state index in [0.717, 1.165) is 49.1 Å². The summed E-state index contributed by atoms with van der Waals surface area (Å²) in [6.07, 6.45) is 15.9. The zero-order chi connectivity index (χ0) is 40.0. The van der Waals surface area contributed by atoms with Gasteiger partial charge >= 0.3 is 0 Å². The van der Waals surface area contributed by atoms with E-state index in [1.54, 1.807) is 34.7 Å². The lowest BCUT2D eigenvalue weighted by Crippen LogP contribution is -2.49. The first-order chi connectivity index (χ1) is 28.2. The van der Waals surface area contributed by atoms with Gasteiger partial charge in [0.25, 0.3) is 0 Å². The number of nitrogens with zero attached hydrogens (tertiary/aromatic N) is 11. The summed E-state index contributed by atoms with van der Waals surface area (Å²) in [6.45, 7) is 7.04. The van der Waals surface area contributed by atoms with Gasteiger partial charge in [0, 0.05) is 60.8 Å². The van der Waals surface area contributed by atoms with Crippen LogP contribution >= 0.6 is 0 Å². The SMILES string of the molecule is C[C@H](C#N)Nc1cc(-n2ncc3cc(C#N)cnc32)ncc1-n1cc(C2CCC(CCN3CC[C@H]4[C@@H]3CCN4c3ccc([C@@]4(C)CCC(=O)NC4=O)cc3)CC2)nn1. The fraction of sp³-hybridized carbons (Fsp3) is 0.465. The number of hydrogen-bond donors (Lipinski definition) is 2. The Balaban J connectivity index is 0.799. The molecular formula is C43H47N13O2. The zero-order valence-electron chi connectivity index (χ0n) is 32.9. The van der Waals surface area contributed by atoms with Crippen molar-refractivity contribution in [2.75, 3.05) is 29.9 Å². The van der Waals surface area contributed by atoms with Gasteiger partial charge in [-0.2, -0.15) is 20.3 Å². The molecule has 1 aromatic carbocycles. The number of amides is 2. The van der Waals surface area contributed by atoms with E-state index in [1.165, 1.54) is 44.0 Å². The second kappa shape index (κ2) is 15.3. The van der Waals surface area contributed by atoms with Crippen LogP contribution in [0.4, 0.5) is 11.4 Å². The molecular weight excluding hydrogens is 731 g/mol. The van der Waals surface area contributed by atoms with E-state index >= 15 is 0 Å². The van der Waals surface area contributed by atoms with Gasteiger partial charge in [-0.05, 0) is 101 Å². The van der Waals surface area contributed by atoms with Crippen molar-refractivity contribution in [1.82, 2.24) is 45.0 Å². The van der Waals surface area contributed by atoms with Crippen molar-refractivity contribution in [3.05, 3.63) is 78.0 Å². The third kappa shape index (κ3) is 6.94. The third-order valence-electron chi connectivity index (χ3n) is 13.2. The van der Waals surface area contributed by atoms with Gasteiger partial charge in [0.1, 0.15) is 17.8 Å². The van der Waals surface area contributed by atoms with Gasteiger partial charge in [0.15, 0.2) is 11.5 Å². The van der Waals surface area contributed by atoms with E-state index in [9.17, 15) is 20.1 Å². The minimum Gasteiger partial charge on any atom is -0.368 e. The molecule has 2 N–H and O–H groups in total. The Hall–Kier alpha value is -6.19. The molecule has 4 aromatic heterocycles. The molecule has 1 saturated carbocycles. The van der Waals surface area contributed by atoms with Crippen molar-refractivity contribution < 1.29 is 9.59 Å². The number of carbonyl (C=O) groups is 2. The van der Waals surface area contributed by atoms with Crippen LogP contribution in [0.5, 0.6) is 0 Å². The van der Waals surface area contributed by atoms with Crippen molar-refractivity contribution in [1.29, 1.82) is 10.5 Å². The van der Waals surface area contributed by atoms with E-state index < -0.39 is 11.5 Å². The molecule has 0 spiro atoms. The topological polar surface area (TPSA) is 187 Å². The van der Waals surface area contributed by atoms with Gasteiger partial charge < -0.3 is 10.2 Å². The van der Waals surface area contributed by atoms with Crippen molar-refractivity contribution in [3.63, 3.8) is 0 Å². The quantitative estimate of drug-likeness (QED) is 0.175. The van der Waals surface area contributed by atoms with Crippen molar-refractivity contribution in [2.45, 2.75) is 101 Å². The Labute approximate surface area is 337 Å². The minimum absolute atomic E-state index is 0.186. The summed E-state index contributed by atoms with van der Waals surface area (Å²) >= 11 is 0. The van der Waals surface area contributed by atoms with Gasteiger partial charge in [-0.25, -0.2) is 14.6 Å². The molecule has 2 amide bonds. The molecule has 3 saturated heterocycles. The van der Waals surface area contributed by atoms with Crippen LogP contribution in [0.3, 0.4) is 0 Å². The zero-order valence-corrected chi connectivity index (χ0v) is 32.9. The number of aromatic nitrogens is 7. The lowest BCUT2D eigenvalue weighted by atomic mass is 9.75. The normalized spacial score (nSPS) is 25.3. The highest BCUT2D eigenvalue weighted by Crippen LogP contribution is 2.40. The first-order valence-corrected chi connectivity index (χ1v) is 20.5. The van der Waals surface area contributed by atoms with Crippen LogP contribution in [0, 0.1) is 28.6 Å². The molecule has 5 aromatic rings. The van der Waals surface area contributed by atoms with Crippen LogP contribution in [0.15, 0.2) is 61.2 Å². The highest BCUT2D eigenvalue weighted by atomic mass is 16.2. The number of nitriles is 2. The Morgan fingerprint density at radius 2 is 1.79 bits per heavy atom. The molecule has 0 unspecified atom stereocenters. The average molecular weight is 778 g/mol. The Morgan fingerprint density at radius 3 is 2.57 bits per heavy atom. The van der Waals surface area contributed by atoms with Gasteiger partial charge in [-0.1, -0.05) is 17.3 Å². The number of imide groups is 1. The van der Waals surface area contributed by atoms with Crippen molar-refractivity contribution in [3.8, 4) is 23.6 Å². The van der Waals surface area contributed by atoms with Crippen LogP contribution in [0.1, 0.15) is 94.4 Å². The van der Waals surface area contributed by atoms with Gasteiger partial charge in [-0.15, -0.1) is 5.10 Å². The van der Waals surface area contributed by atoms with E-state index in [-0.39, 0.29) is 11.8 Å². The summed E-state index contributed by atoms with van der Waals surface area (Å²) in [5, 5.41) is 39.0. The molecule has 296 valence electrons. The number of carbonyl (C=O) groups excluding carboxylic acids is 2. The van der Waals surface area contributed by atoms with E-state index in [1.807, 2.05) is 19.2 Å². The molecule has 4 fully saturated rings. The van der Waals surface area contributed by atoms with Crippen LogP contribution < -0.4 is 15.5 Å². The number of likely N-dealkylation sites (tertiary alicyclic amines) is 1. The molecule has 7 heterocycles. The average Bonchev–Trinajstić information content (AvgIpc) is 4.07. The predicted molar refractivity (Wildman–Crippen MR) is 216 cm³/mol. The Kier molecular flexibility index (Phi) is 9.85. The number of nitrogens with one attached hydrogen (secondary N) is 2. The first kappa shape index (κ1) is 37.4. The van der Waals surface area contributed by atoms with Gasteiger partial charge in [0.2, 0.25) is 11.8 Å². The van der Waals surface area contributed by atoms with Crippen molar-refractivity contribution in [2.24, 2.45) is 5.92 Å². The lowest BCUT2D eigenvalue weighted by molar-refractivity contribution is -0.137. The molecule has 4 aliphatic rings. The highest BCUT2D eigenvalue weighted by Gasteiger charge is 2.43. The third-order valence-corrected chi connectivity index (χ3v) is 13.2. The van der Waals surface area contributed by atoms with Gasteiger partial charge in [-0.3, -0.25) is 19.8 Å². The molecule has 3 aliphatic heterocycles. The number of rotatable bonds is 10. The second-order valence-corrected chi connectivity index (χ2v) is 16.7. The predicted octanol–water partition coefficient (Wildman–Crippen LogP) is 5.30. The Bertz CT molecular complexity index is 2440. The van der Waals surface area contributed by atoms with E-state index in [2.05, 4.69) is 77.2 Å². The molecule has 15 nitrogen and oxygen atoms in total. The summed E-state index contributed by atoms with van der Waals surface area (Å²) in [6, 6.07) is 17.0. The molecule has 1 aliphatic carbocycles. The summed E-state index contributed by atoms with van der Waals surface area (Å²) in [5.74, 6) is 1.17. The number of hydrogen-bond acceptors (Lipinski definition) is 12. The molecule has 0 bridgehead atoms. The fourth-order valence-corrected chi connectivity index (χ4v) is 9.72. The fourth-order valence-electron chi connectivity index (χ4n) is 9.72. The second-order valence-electron chi connectivity index (χ2n) is 16.7. The number of pyridine rings is 2. The summed E-state index contributed by atoms with van der Waals surface area (Å²) < 4.78 is 3.36. The molecule has 58 heavy (non-hydrogen) atoms. The first-order valence-electron chi connectivity index (χ1n) is 20.5. The number of anilines is 2. The molecule has 4 atom stereocenters. The maximum Gasteiger partial charge on any atom is 0.236 e. The maximum atomic E-state index is 12.7. The number of piperidine rings is 1. The summed E-state index contributed by atoms with van der Waals surface area (Å²) in [7, 11) is 0. The van der Waals surface area contributed by atoms with E-state index in [0.29, 0.717) is 65.2 Å². The standard InChI is InChI=1S/C43H47N13O2/c1-27(21-44)49-34-20-39(56-41-31(24-48-56)19-29(22-45)23-47-41)46-25-38(34)55-26-35(51-52-55)30-5-3-28(4-6-30)12-16-53-17-13-37-36(53)14-18-54(37)33-9-7-32(8-10-33)43(2)15-11-40(57)50-42(43)58/h7-10,19-20,23-28,30,36-37H,3-6,11-18H2,1-2H3,(H,46,49)(H,50,57,58)/t27-,28?,30?,36+,37+,43-/m1/s1. The van der Waals surface area contributed by atoms with Gasteiger partial charge in [0.05, 0.1) is 47.0 Å². The van der Waals surface area contributed by atoms with Crippen LogP contribution in [-0.4, -0.2) is 89.2 Å².